The van der Waals surface area contributed by atoms with Crippen LogP contribution < -0.4 is 21.7 Å². The molecule has 21 heavy (non-hydrogen) atoms. The molecule has 1 heterocycles. The number of nitrogens with two attached hydrogens (primary N) is 2. The molecule has 0 spiro atoms. The molecule has 1 aromatic heterocycles. The highest BCUT2D eigenvalue weighted by Gasteiger charge is 2.12. The first-order valence-electron chi connectivity index (χ1n) is 6.00. The molecule has 108 valence electrons. The van der Waals surface area contributed by atoms with Crippen LogP contribution in [-0.2, 0) is 4.79 Å². The van der Waals surface area contributed by atoms with Gasteiger partial charge in [-0.1, -0.05) is 18.2 Å². The van der Waals surface area contributed by atoms with Crippen LogP contribution in [0, 0.1) is 0 Å². The summed E-state index contributed by atoms with van der Waals surface area (Å²) < 4.78 is 5.30. The van der Waals surface area contributed by atoms with E-state index < -0.39 is 11.7 Å². The number of rotatable bonds is 5. The molecule has 0 amide bonds. The molecule has 7 nitrogen and oxygen atoms in total. The van der Waals surface area contributed by atoms with Crippen molar-refractivity contribution in [1.82, 2.24) is 10.4 Å². The zero-order valence-corrected chi connectivity index (χ0v) is 11.0. The minimum absolute atomic E-state index is 0.225. The van der Waals surface area contributed by atoms with Gasteiger partial charge in [-0.05, 0) is 29.3 Å². The number of aliphatic carboxylic acids is 1. The van der Waals surface area contributed by atoms with Crippen LogP contribution >= 0.6 is 0 Å². The SMILES string of the molecule is NN/C(Oc1ccc(-c2cccnc2)cc1)=C(\N)C(=O)O. The second kappa shape index (κ2) is 6.40. The van der Waals surface area contributed by atoms with Crippen molar-refractivity contribution in [2.24, 2.45) is 11.6 Å². The van der Waals surface area contributed by atoms with Gasteiger partial charge in [-0.2, -0.15) is 0 Å². The van der Waals surface area contributed by atoms with Gasteiger partial charge in [-0.3, -0.25) is 10.4 Å². The largest absolute Gasteiger partial charge is 0.476 e. The molecule has 2 aromatic rings. The van der Waals surface area contributed by atoms with Crippen molar-refractivity contribution in [3.63, 3.8) is 0 Å². The first kappa shape index (κ1) is 14.4. The van der Waals surface area contributed by atoms with Gasteiger partial charge in [0.05, 0.1) is 0 Å². The lowest BCUT2D eigenvalue weighted by atomic mass is 10.1. The third kappa shape index (κ3) is 3.48. The van der Waals surface area contributed by atoms with Gasteiger partial charge in [0.1, 0.15) is 5.75 Å². The minimum atomic E-state index is -1.32. The van der Waals surface area contributed by atoms with E-state index >= 15 is 0 Å². The lowest BCUT2D eigenvalue weighted by molar-refractivity contribution is -0.132. The summed E-state index contributed by atoms with van der Waals surface area (Å²) in [6.07, 6.45) is 3.44. The first-order valence-corrected chi connectivity index (χ1v) is 6.00. The number of benzene rings is 1. The van der Waals surface area contributed by atoms with Gasteiger partial charge >= 0.3 is 5.97 Å². The number of carboxylic acid groups (broad SMARTS) is 1. The summed E-state index contributed by atoms with van der Waals surface area (Å²) in [5.41, 5.74) is 8.87. The van der Waals surface area contributed by atoms with Crippen LogP contribution in [0.3, 0.4) is 0 Å². The summed E-state index contributed by atoms with van der Waals surface area (Å²) in [5, 5.41) is 8.79. The fourth-order valence-electron chi connectivity index (χ4n) is 1.63. The van der Waals surface area contributed by atoms with Crippen molar-refractivity contribution < 1.29 is 14.6 Å². The highest BCUT2D eigenvalue weighted by molar-refractivity contribution is 5.85. The summed E-state index contributed by atoms with van der Waals surface area (Å²) in [4.78, 5) is 14.8. The summed E-state index contributed by atoms with van der Waals surface area (Å²) in [5.74, 6) is 4.05. The number of ether oxygens (including phenoxy) is 1. The molecule has 1 aromatic carbocycles. The van der Waals surface area contributed by atoms with Crippen molar-refractivity contribution in [2.45, 2.75) is 0 Å². The van der Waals surface area contributed by atoms with Gasteiger partial charge in [0.25, 0.3) is 0 Å². The van der Waals surface area contributed by atoms with Crippen molar-refractivity contribution in [1.29, 1.82) is 0 Å². The van der Waals surface area contributed by atoms with E-state index in [1.165, 1.54) is 0 Å². The maximum atomic E-state index is 10.8. The van der Waals surface area contributed by atoms with Gasteiger partial charge in [-0.25, -0.2) is 10.6 Å². The highest BCUT2D eigenvalue weighted by Crippen LogP contribution is 2.22. The number of carboxylic acids is 1. The summed E-state index contributed by atoms with van der Waals surface area (Å²) in [6.45, 7) is 0. The second-order valence-corrected chi connectivity index (χ2v) is 4.06. The summed E-state index contributed by atoms with van der Waals surface area (Å²) in [7, 11) is 0. The molecule has 0 aliphatic heterocycles. The molecule has 0 atom stereocenters. The van der Waals surface area contributed by atoms with E-state index in [1.807, 2.05) is 24.3 Å². The van der Waals surface area contributed by atoms with Crippen molar-refractivity contribution in [3.8, 4) is 16.9 Å². The number of nitrogens with zero attached hydrogens (tertiary/aromatic N) is 1. The Hall–Kier alpha value is -3.06. The van der Waals surface area contributed by atoms with Crippen LogP contribution in [0.25, 0.3) is 11.1 Å². The third-order valence-corrected chi connectivity index (χ3v) is 2.68. The van der Waals surface area contributed by atoms with Crippen molar-refractivity contribution in [3.05, 3.63) is 60.4 Å². The van der Waals surface area contributed by atoms with Crippen molar-refractivity contribution >= 4 is 5.97 Å². The maximum Gasteiger partial charge on any atom is 0.357 e. The molecule has 0 unspecified atom stereocenters. The lowest BCUT2D eigenvalue weighted by Crippen LogP contribution is -2.31. The smallest absolute Gasteiger partial charge is 0.357 e. The number of hydrogen-bond donors (Lipinski definition) is 4. The predicted molar refractivity (Wildman–Crippen MR) is 76.5 cm³/mol. The normalized spacial score (nSPS) is 11.5. The Labute approximate surface area is 120 Å². The molecule has 0 saturated heterocycles. The van der Waals surface area contributed by atoms with Crippen LogP contribution in [0.4, 0.5) is 0 Å². The number of nitrogens with one attached hydrogen (secondary N) is 1. The Morgan fingerprint density at radius 3 is 2.43 bits per heavy atom. The number of aromatic nitrogens is 1. The Morgan fingerprint density at radius 1 is 1.19 bits per heavy atom. The average molecular weight is 286 g/mol. The van der Waals surface area contributed by atoms with E-state index in [0.717, 1.165) is 11.1 Å². The van der Waals surface area contributed by atoms with Crippen LogP contribution in [0.1, 0.15) is 0 Å². The molecule has 2 rings (SSSR count). The topological polar surface area (TPSA) is 123 Å². The van der Waals surface area contributed by atoms with Crippen LogP contribution in [-0.4, -0.2) is 16.1 Å². The molecule has 7 heteroatoms. The third-order valence-electron chi connectivity index (χ3n) is 2.68. The zero-order chi connectivity index (χ0) is 15.2. The molecule has 0 aliphatic carbocycles. The van der Waals surface area contributed by atoms with Gasteiger partial charge < -0.3 is 15.6 Å². The average Bonchev–Trinajstić information content (AvgIpc) is 2.53. The van der Waals surface area contributed by atoms with Gasteiger partial charge in [0.15, 0.2) is 5.70 Å². The lowest BCUT2D eigenvalue weighted by Gasteiger charge is -2.11. The maximum absolute atomic E-state index is 10.8. The number of carbonyl (C=O) groups is 1. The second-order valence-electron chi connectivity index (χ2n) is 4.06. The molecule has 0 saturated carbocycles. The highest BCUT2D eigenvalue weighted by atomic mass is 16.5. The predicted octanol–water partition coefficient (Wildman–Crippen LogP) is 0.803. The van der Waals surface area contributed by atoms with E-state index in [0.29, 0.717) is 5.75 Å². The van der Waals surface area contributed by atoms with Gasteiger partial charge in [0, 0.05) is 12.4 Å². The Kier molecular flexibility index (Phi) is 4.37. The summed E-state index contributed by atoms with van der Waals surface area (Å²) >= 11 is 0. The fraction of sp³-hybridized carbons (Fsp3) is 0. The van der Waals surface area contributed by atoms with Crippen molar-refractivity contribution in [2.75, 3.05) is 0 Å². The molecule has 0 radical (unpaired) electrons. The van der Waals surface area contributed by atoms with E-state index in [1.54, 1.807) is 24.5 Å². The molecule has 6 N–H and O–H groups in total. The first-order chi connectivity index (χ1) is 10.1. The standard InChI is InChI=1S/C14H14N4O3/c15-12(14(19)20)13(18-16)21-11-5-3-9(4-6-11)10-2-1-7-17-8-10/h1-8,18H,15-16H2,(H,19,20)/b13-12+. The van der Waals surface area contributed by atoms with E-state index in [-0.39, 0.29) is 5.88 Å². The van der Waals surface area contributed by atoms with E-state index in [4.69, 9.17) is 21.4 Å². The Bertz CT molecular complexity index is 654. The van der Waals surface area contributed by atoms with Crippen LogP contribution in [0.15, 0.2) is 60.4 Å². The fourth-order valence-corrected chi connectivity index (χ4v) is 1.63. The summed E-state index contributed by atoms with van der Waals surface area (Å²) in [6, 6.07) is 10.8. The van der Waals surface area contributed by atoms with E-state index in [9.17, 15) is 4.79 Å². The molecular formula is C14H14N4O3. The van der Waals surface area contributed by atoms with Gasteiger partial charge in [0.2, 0.25) is 5.88 Å². The molecule has 0 aliphatic rings. The number of pyridine rings is 1. The van der Waals surface area contributed by atoms with E-state index in [2.05, 4.69) is 10.4 Å². The monoisotopic (exact) mass is 286 g/mol. The Balaban J connectivity index is 2.20. The quantitative estimate of drug-likeness (QED) is 0.277. The number of hydrogen-bond acceptors (Lipinski definition) is 6. The Morgan fingerprint density at radius 2 is 1.90 bits per heavy atom. The van der Waals surface area contributed by atoms with Crippen LogP contribution in [0.2, 0.25) is 0 Å². The molecule has 0 bridgehead atoms. The molecular weight excluding hydrogens is 272 g/mol. The van der Waals surface area contributed by atoms with Crippen LogP contribution in [0.5, 0.6) is 5.75 Å². The molecule has 0 fully saturated rings. The minimum Gasteiger partial charge on any atom is -0.476 e. The zero-order valence-electron chi connectivity index (χ0n) is 11.0. The van der Waals surface area contributed by atoms with Gasteiger partial charge in [-0.15, -0.1) is 0 Å². The number of hydrazine groups is 1.